The van der Waals surface area contributed by atoms with Gasteiger partial charge in [0.05, 0.1) is 5.00 Å². The second-order valence-corrected chi connectivity index (χ2v) is 3.65. The Morgan fingerprint density at radius 2 is 1.77 bits per heavy atom. The van der Waals surface area contributed by atoms with Gasteiger partial charge in [-0.05, 0) is 29.1 Å². The van der Waals surface area contributed by atoms with Gasteiger partial charge in [0.15, 0.2) is 0 Å². The molecule has 0 radical (unpaired) electrons. The van der Waals surface area contributed by atoms with Crippen molar-refractivity contribution in [3.63, 3.8) is 0 Å². The molecular formula is C10H8FNS. The predicted molar refractivity (Wildman–Crippen MR) is 54.1 cm³/mol. The van der Waals surface area contributed by atoms with E-state index in [1.54, 1.807) is 12.1 Å². The summed E-state index contributed by atoms with van der Waals surface area (Å²) in [6.07, 6.45) is 0. The van der Waals surface area contributed by atoms with Crippen LogP contribution in [0.5, 0.6) is 0 Å². The molecule has 0 amide bonds. The smallest absolute Gasteiger partial charge is 0.123 e. The Balaban J connectivity index is 2.47. The molecule has 0 aliphatic heterocycles. The number of nitrogens with two attached hydrogens (primary N) is 1. The van der Waals surface area contributed by atoms with Gasteiger partial charge in [-0.1, -0.05) is 12.1 Å². The van der Waals surface area contributed by atoms with Crippen molar-refractivity contribution in [1.29, 1.82) is 0 Å². The first-order valence-electron chi connectivity index (χ1n) is 3.86. The van der Waals surface area contributed by atoms with Crippen LogP contribution in [-0.2, 0) is 0 Å². The summed E-state index contributed by atoms with van der Waals surface area (Å²) in [6.45, 7) is 0. The number of hydrogen-bond donors (Lipinski definition) is 1. The number of hydrogen-bond acceptors (Lipinski definition) is 2. The zero-order valence-corrected chi connectivity index (χ0v) is 7.64. The van der Waals surface area contributed by atoms with Crippen molar-refractivity contribution >= 4 is 16.3 Å². The molecule has 0 bridgehead atoms. The molecule has 0 spiro atoms. The molecule has 0 saturated carbocycles. The highest BCUT2D eigenvalue weighted by Crippen LogP contribution is 2.30. The lowest BCUT2D eigenvalue weighted by Crippen LogP contribution is -1.83. The largest absolute Gasteiger partial charge is 0.390 e. The van der Waals surface area contributed by atoms with Crippen LogP contribution in [0.15, 0.2) is 35.7 Å². The van der Waals surface area contributed by atoms with E-state index in [1.807, 2.05) is 11.4 Å². The predicted octanol–water partition coefficient (Wildman–Crippen LogP) is 3.14. The number of nitrogen functional groups attached to an aromatic ring is 1. The Morgan fingerprint density at radius 1 is 1.08 bits per heavy atom. The molecule has 0 aliphatic carbocycles. The van der Waals surface area contributed by atoms with E-state index in [-0.39, 0.29) is 5.82 Å². The highest BCUT2D eigenvalue weighted by atomic mass is 32.1. The molecule has 1 aromatic carbocycles. The number of anilines is 1. The van der Waals surface area contributed by atoms with E-state index in [0.717, 1.165) is 16.1 Å². The summed E-state index contributed by atoms with van der Waals surface area (Å²) in [6, 6.07) is 8.27. The lowest BCUT2D eigenvalue weighted by Gasteiger charge is -1.98. The van der Waals surface area contributed by atoms with Crippen molar-refractivity contribution in [2.75, 3.05) is 5.73 Å². The average molecular weight is 193 g/mol. The highest BCUT2D eigenvalue weighted by Gasteiger charge is 2.02. The number of halogens is 1. The topological polar surface area (TPSA) is 26.0 Å². The van der Waals surface area contributed by atoms with E-state index in [9.17, 15) is 4.39 Å². The van der Waals surface area contributed by atoms with Gasteiger partial charge in [-0.2, -0.15) is 0 Å². The number of benzene rings is 1. The summed E-state index contributed by atoms with van der Waals surface area (Å²) in [4.78, 5) is 0. The zero-order valence-electron chi connectivity index (χ0n) is 6.83. The Kier molecular flexibility index (Phi) is 2.02. The minimum Gasteiger partial charge on any atom is -0.390 e. The fraction of sp³-hybridized carbons (Fsp3) is 0. The summed E-state index contributed by atoms with van der Waals surface area (Å²) in [5.74, 6) is -0.224. The first-order chi connectivity index (χ1) is 6.27. The van der Waals surface area contributed by atoms with Gasteiger partial charge in [-0.3, -0.25) is 0 Å². The van der Waals surface area contributed by atoms with Crippen LogP contribution in [0.1, 0.15) is 0 Å². The van der Waals surface area contributed by atoms with Gasteiger partial charge in [0.2, 0.25) is 0 Å². The SMILES string of the molecule is Nc1sccc1-c1ccc(F)cc1. The third-order valence-electron chi connectivity index (χ3n) is 1.85. The Morgan fingerprint density at radius 3 is 2.31 bits per heavy atom. The first kappa shape index (κ1) is 8.26. The van der Waals surface area contributed by atoms with Crippen LogP contribution in [-0.4, -0.2) is 0 Å². The molecule has 1 nitrogen and oxygen atoms in total. The van der Waals surface area contributed by atoms with Gasteiger partial charge in [-0.25, -0.2) is 4.39 Å². The van der Waals surface area contributed by atoms with Crippen LogP contribution in [0.4, 0.5) is 9.39 Å². The third-order valence-corrected chi connectivity index (χ3v) is 2.60. The Hall–Kier alpha value is -1.35. The second kappa shape index (κ2) is 3.18. The van der Waals surface area contributed by atoms with Gasteiger partial charge < -0.3 is 5.73 Å². The second-order valence-electron chi connectivity index (χ2n) is 2.71. The molecule has 0 atom stereocenters. The fourth-order valence-corrected chi connectivity index (χ4v) is 1.85. The lowest BCUT2D eigenvalue weighted by atomic mass is 10.1. The van der Waals surface area contributed by atoms with Crippen LogP contribution >= 0.6 is 11.3 Å². The number of thiophene rings is 1. The van der Waals surface area contributed by atoms with Crippen LogP contribution in [0.3, 0.4) is 0 Å². The molecule has 2 aromatic rings. The van der Waals surface area contributed by atoms with Crippen molar-refractivity contribution in [2.45, 2.75) is 0 Å². The summed E-state index contributed by atoms with van der Waals surface area (Å²) in [5, 5.41) is 2.69. The molecule has 2 N–H and O–H groups in total. The van der Waals surface area contributed by atoms with Gasteiger partial charge >= 0.3 is 0 Å². The third kappa shape index (κ3) is 1.55. The van der Waals surface area contributed by atoms with E-state index < -0.39 is 0 Å². The fourth-order valence-electron chi connectivity index (χ4n) is 1.19. The van der Waals surface area contributed by atoms with E-state index in [1.165, 1.54) is 23.5 Å². The van der Waals surface area contributed by atoms with Crippen molar-refractivity contribution in [1.82, 2.24) is 0 Å². The van der Waals surface area contributed by atoms with E-state index in [4.69, 9.17) is 5.73 Å². The normalized spacial score (nSPS) is 10.2. The van der Waals surface area contributed by atoms with Gasteiger partial charge in [-0.15, -0.1) is 11.3 Å². The zero-order chi connectivity index (χ0) is 9.26. The van der Waals surface area contributed by atoms with Crippen LogP contribution in [0.2, 0.25) is 0 Å². The highest BCUT2D eigenvalue weighted by molar-refractivity contribution is 7.14. The monoisotopic (exact) mass is 193 g/mol. The Bertz CT molecular complexity index is 405. The molecule has 1 aromatic heterocycles. The maximum Gasteiger partial charge on any atom is 0.123 e. The lowest BCUT2D eigenvalue weighted by molar-refractivity contribution is 0.628. The van der Waals surface area contributed by atoms with Crippen molar-refractivity contribution in [2.24, 2.45) is 0 Å². The standard InChI is InChI=1S/C10H8FNS/c11-8-3-1-7(2-4-8)9-5-6-13-10(9)12/h1-6H,12H2. The molecule has 0 unspecified atom stereocenters. The van der Waals surface area contributed by atoms with Crippen molar-refractivity contribution in [3.05, 3.63) is 41.5 Å². The maximum atomic E-state index is 12.6. The van der Waals surface area contributed by atoms with Gasteiger partial charge in [0.1, 0.15) is 5.82 Å². The number of rotatable bonds is 1. The molecule has 0 saturated heterocycles. The van der Waals surface area contributed by atoms with E-state index in [2.05, 4.69) is 0 Å². The molecule has 1 heterocycles. The first-order valence-corrected chi connectivity index (χ1v) is 4.74. The summed E-state index contributed by atoms with van der Waals surface area (Å²) >= 11 is 1.49. The quantitative estimate of drug-likeness (QED) is 0.739. The molecule has 2 rings (SSSR count). The van der Waals surface area contributed by atoms with Crippen molar-refractivity contribution in [3.8, 4) is 11.1 Å². The molecule has 66 valence electrons. The molecular weight excluding hydrogens is 185 g/mol. The Labute approximate surface area is 79.6 Å². The van der Waals surface area contributed by atoms with Gasteiger partial charge in [0.25, 0.3) is 0 Å². The van der Waals surface area contributed by atoms with Gasteiger partial charge in [0, 0.05) is 5.56 Å². The summed E-state index contributed by atoms with van der Waals surface area (Å²) < 4.78 is 12.6. The van der Waals surface area contributed by atoms with Crippen LogP contribution < -0.4 is 5.73 Å². The molecule has 13 heavy (non-hydrogen) atoms. The molecule has 0 fully saturated rings. The van der Waals surface area contributed by atoms with Crippen molar-refractivity contribution < 1.29 is 4.39 Å². The summed E-state index contributed by atoms with van der Waals surface area (Å²) in [7, 11) is 0. The molecule has 0 aliphatic rings. The van der Waals surface area contributed by atoms with E-state index in [0.29, 0.717) is 0 Å². The average Bonchev–Trinajstić information content (AvgIpc) is 2.53. The minimum absolute atomic E-state index is 0.224. The maximum absolute atomic E-state index is 12.6. The van der Waals surface area contributed by atoms with Crippen LogP contribution in [0.25, 0.3) is 11.1 Å². The van der Waals surface area contributed by atoms with Crippen LogP contribution in [0, 0.1) is 5.82 Å². The minimum atomic E-state index is -0.224. The molecule has 3 heteroatoms. The summed E-state index contributed by atoms with van der Waals surface area (Å²) in [5.41, 5.74) is 7.67. The van der Waals surface area contributed by atoms with E-state index >= 15 is 0 Å².